The number of nitrogens with one attached hydrogen (secondary N) is 2. The molecule has 0 aliphatic heterocycles. The van der Waals surface area contributed by atoms with Gasteiger partial charge in [0.25, 0.3) is 0 Å². The van der Waals surface area contributed by atoms with Crippen LogP contribution in [0.3, 0.4) is 0 Å². The van der Waals surface area contributed by atoms with Gasteiger partial charge in [0.15, 0.2) is 0 Å². The van der Waals surface area contributed by atoms with Gasteiger partial charge in [-0.15, -0.1) is 0 Å². The van der Waals surface area contributed by atoms with Crippen LogP contribution < -0.4 is 15.4 Å². The first-order valence-corrected chi connectivity index (χ1v) is 7.93. The molecule has 0 unspecified atom stereocenters. The first-order valence-electron chi connectivity index (χ1n) is 7.93. The van der Waals surface area contributed by atoms with Gasteiger partial charge in [0.05, 0.1) is 12.8 Å². The molecule has 1 aromatic rings. The number of hydrogen-bond acceptors (Lipinski definition) is 3. The quantitative estimate of drug-likeness (QED) is 0.759. The van der Waals surface area contributed by atoms with Crippen LogP contribution in [0.25, 0.3) is 0 Å². The third-order valence-corrected chi connectivity index (χ3v) is 3.75. The molecule has 2 N–H and O–H groups in total. The number of anilines is 1. The lowest BCUT2D eigenvalue weighted by molar-refractivity contribution is -0.138. The van der Waals surface area contributed by atoms with Crippen molar-refractivity contribution in [1.82, 2.24) is 5.32 Å². The topological polar surface area (TPSA) is 67.4 Å². The average molecular weight is 320 g/mol. The summed E-state index contributed by atoms with van der Waals surface area (Å²) in [5.74, 6) is 0.439. The van der Waals surface area contributed by atoms with Crippen LogP contribution in [-0.2, 0) is 9.59 Å². The van der Waals surface area contributed by atoms with E-state index in [0.29, 0.717) is 23.9 Å². The van der Waals surface area contributed by atoms with E-state index < -0.39 is 5.41 Å². The van der Waals surface area contributed by atoms with E-state index in [0.717, 1.165) is 12.0 Å². The summed E-state index contributed by atoms with van der Waals surface area (Å²) in [6.07, 6.45) is 0.884. The van der Waals surface area contributed by atoms with E-state index in [9.17, 15) is 9.59 Å². The molecule has 0 spiro atoms. The fraction of sp³-hybridized carbons (Fsp3) is 0.556. The molecule has 0 radical (unpaired) electrons. The van der Waals surface area contributed by atoms with E-state index in [1.807, 2.05) is 19.1 Å². The summed E-state index contributed by atoms with van der Waals surface area (Å²) < 4.78 is 5.25. The molecule has 2 amide bonds. The molecule has 1 rings (SSSR count). The van der Waals surface area contributed by atoms with Crippen molar-refractivity contribution in [2.24, 2.45) is 11.3 Å². The molecule has 0 saturated carbocycles. The number of carbonyl (C=O) groups excluding carboxylic acids is 2. The third-order valence-electron chi connectivity index (χ3n) is 3.75. The smallest absolute Gasteiger partial charge is 0.239 e. The molecular weight excluding hydrogens is 292 g/mol. The number of amides is 2. The van der Waals surface area contributed by atoms with Gasteiger partial charge in [0, 0.05) is 6.54 Å². The van der Waals surface area contributed by atoms with Gasteiger partial charge in [-0.25, -0.2) is 0 Å². The minimum atomic E-state index is -1.16. The Morgan fingerprint density at radius 2 is 1.87 bits per heavy atom. The lowest BCUT2D eigenvalue weighted by atomic mass is 9.90. The van der Waals surface area contributed by atoms with Crippen LogP contribution in [0.1, 0.15) is 39.7 Å². The van der Waals surface area contributed by atoms with Crippen LogP contribution >= 0.6 is 0 Å². The molecule has 0 saturated heterocycles. The highest BCUT2D eigenvalue weighted by Crippen LogP contribution is 2.27. The summed E-state index contributed by atoms with van der Waals surface area (Å²) in [7, 11) is 1.55. The largest absolute Gasteiger partial charge is 0.495 e. The van der Waals surface area contributed by atoms with Crippen LogP contribution in [0.5, 0.6) is 5.75 Å². The zero-order valence-electron chi connectivity index (χ0n) is 14.9. The van der Waals surface area contributed by atoms with Crippen LogP contribution in [0, 0.1) is 18.3 Å². The second-order valence-corrected chi connectivity index (χ2v) is 6.72. The van der Waals surface area contributed by atoms with E-state index in [2.05, 4.69) is 24.5 Å². The van der Waals surface area contributed by atoms with Crippen molar-refractivity contribution >= 4 is 17.5 Å². The maximum absolute atomic E-state index is 12.5. The summed E-state index contributed by atoms with van der Waals surface area (Å²) >= 11 is 0. The highest BCUT2D eigenvalue weighted by Gasteiger charge is 2.36. The molecule has 0 aliphatic rings. The lowest BCUT2D eigenvalue weighted by Crippen LogP contribution is -2.45. The molecule has 0 aliphatic carbocycles. The predicted octanol–water partition coefficient (Wildman–Crippen LogP) is 3.13. The van der Waals surface area contributed by atoms with Crippen LogP contribution in [0.2, 0.25) is 0 Å². The Kier molecular flexibility index (Phi) is 6.61. The normalized spacial score (nSPS) is 11.3. The molecule has 5 heteroatoms. The molecule has 0 bridgehead atoms. The molecule has 0 heterocycles. The zero-order valence-corrected chi connectivity index (χ0v) is 14.9. The summed E-state index contributed by atoms with van der Waals surface area (Å²) in [5, 5.41) is 5.63. The van der Waals surface area contributed by atoms with Gasteiger partial charge in [-0.3, -0.25) is 9.59 Å². The molecule has 0 atom stereocenters. The maximum Gasteiger partial charge on any atom is 0.239 e. The highest BCUT2D eigenvalue weighted by molar-refractivity contribution is 6.10. The van der Waals surface area contributed by atoms with E-state index in [1.54, 1.807) is 27.0 Å². The van der Waals surface area contributed by atoms with Crippen LogP contribution in [-0.4, -0.2) is 25.5 Å². The van der Waals surface area contributed by atoms with Crippen LogP contribution in [0.4, 0.5) is 5.69 Å². The van der Waals surface area contributed by atoms with Crippen molar-refractivity contribution < 1.29 is 14.3 Å². The summed E-state index contributed by atoms with van der Waals surface area (Å²) in [6.45, 7) is 9.92. The highest BCUT2D eigenvalue weighted by atomic mass is 16.5. The van der Waals surface area contributed by atoms with Crippen molar-refractivity contribution in [3.05, 3.63) is 23.8 Å². The second-order valence-electron chi connectivity index (χ2n) is 6.72. The molecule has 5 nitrogen and oxygen atoms in total. The number of aryl methyl sites for hydroxylation is 1. The molecule has 0 fully saturated rings. The van der Waals surface area contributed by atoms with E-state index >= 15 is 0 Å². The van der Waals surface area contributed by atoms with Gasteiger partial charge in [0.1, 0.15) is 11.2 Å². The maximum atomic E-state index is 12.5. The Morgan fingerprint density at radius 3 is 2.43 bits per heavy atom. The van der Waals surface area contributed by atoms with Crippen LogP contribution in [0.15, 0.2) is 18.2 Å². The number of benzene rings is 1. The van der Waals surface area contributed by atoms with Gasteiger partial charge < -0.3 is 15.4 Å². The Hall–Kier alpha value is -2.04. The van der Waals surface area contributed by atoms with Crippen molar-refractivity contribution in [3.8, 4) is 5.75 Å². The van der Waals surface area contributed by atoms with Crippen molar-refractivity contribution in [2.75, 3.05) is 19.0 Å². The first kappa shape index (κ1) is 19.0. The molecule has 1 aromatic carbocycles. The Labute approximate surface area is 138 Å². The van der Waals surface area contributed by atoms with E-state index in [1.165, 1.54) is 0 Å². The van der Waals surface area contributed by atoms with Crippen molar-refractivity contribution in [1.29, 1.82) is 0 Å². The number of methoxy groups -OCH3 is 1. The average Bonchev–Trinajstić information content (AvgIpc) is 2.46. The van der Waals surface area contributed by atoms with Gasteiger partial charge in [-0.05, 0) is 50.8 Å². The fourth-order valence-electron chi connectivity index (χ4n) is 2.00. The Bertz CT molecular complexity index is 565. The number of carbonyl (C=O) groups is 2. The van der Waals surface area contributed by atoms with Crippen molar-refractivity contribution in [2.45, 2.75) is 41.0 Å². The van der Waals surface area contributed by atoms with Crippen molar-refractivity contribution in [3.63, 3.8) is 0 Å². The number of hydrogen-bond donors (Lipinski definition) is 2. The monoisotopic (exact) mass is 320 g/mol. The summed E-state index contributed by atoms with van der Waals surface area (Å²) in [4.78, 5) is 24.8. The Balaban J connectivity index is 2.79. The minimum Gasteiger partial charge on any atom is -0.495 e. The van der Waals surface area contributed by atoms with Gasteiger partial charge in [-0.2, -0.15) is 0 Å². The summed E-state index contributed by atoms with van der Waals surface area (Å²) in [5.41, 5.74) is 0.409. The first-order chi connectivity index (χ1) is 10.7. The predicted molar refractivity (Wildman–Crippen MR) is 92.6 cm³/mol. The zero-order chi connectivity index (χ0) is 17.6. The van der Waals surface area contributed by atoms with E-state index in [-0.39, 0.29) is 11.8 Å². The SMILES string of the molecule is COc1ccc(C)cc1NC(=O)C(C)(C)C(=O)NCCC(C)C. The summed E-state index contributed by atoms with van der Waals surface area (Å²) in [6, 6.07) is 5.52. The minimum absolute atomic E-state index is 0.276. The third kappa shape index (κ3) is 5.27. The van der Waals surface area contributed by atoms with Gasteiger partial charge >= 0.3 is 0 Å². The molecular formula is C18H28N2O3. The van der Waals surface area contributed by atoms with E-state index in [4.69, 9.17) is 4.74 Å². The lowest BCUT2D eigenvalue weighted by Gasteiger charge is -2.23. The van der Waals surface area contributed by atoms with Gasteiger partial charge in [-0.1, -0.05) is 19.9 Å². The fourth-order valence-corrected chi connectivity index (χ4v) is 2.00. The molecule has 0 aromatic heterocycles. The number of ether oxygens (including phenoxy) is 1. The Morgan fingerprint density at radius 1 is 1.22 bits per heavy atom. The molecule has 128 valence electrons. The second kappa shape index (κ2) is 7.99. The van der Waals surface area contributed by atoms with Gasteiger partial charge in [0.2, 0.25) is 11.8 Å². The standard InChI is InChI=1S/C18H28N2O3/c1-12(2)9-10-19-16(21)18(4,5)17(22)20-14-11-13(3)7-8-15(14)23-6/h7-8,11-12H,9-10H2,1-6H3,(H,19,21)(H,20,22). The molecule has 23 heavy (non-hydrogen) atoms. The number of rotatable bonds is 7.